The van der Waals surface area contributed by atoms with Crippen LogP contribution in [0.2, 0.25) is 0 Å². The summed E-state index contributed by atoms with van der Waals surface area (Å²) < 4.78 is 41.1. The summed E-state index contributed by atoms with van der Waals surface area (Å²) in [4.78, 5) is -0.279. The van der Waals surface area contributed by atoms with Crippen molar-refractivity contribution in [2.24, 2.45) is 11.7 Å². The number of rotatable bonds is 4. The summed E-state index contributed by atoms with van der Waals surface area (Å²) in [5.41, 5.74) is 6.41. The molecule has 0 spiro atoms. The maximum Gasteiger partial charge on any atom is 0.243 e. The fourth-order valence-corrected chi connectivity index (χ4v) is 4.23. The van der Waals surface area contributed by atoms with Crippen molar-refractivity contribution in [2.45, 2.75) is 43.5 Å². The molecule has 1 saturated carbocycles. The standard InChI is InChI=1S/C14H21FN2O2S/c1-10-6-7-12(15)14(8-10)20(18,19)17-13-5-3-2-4-11(13)9-16/h6-8,11,13,17H,2-5,9,16H2,1H3. The van der Waals surface area contributed by atoms with Gasteiger partial charge in [0.1, 0.15) is 10.7 Å². The predicted octanol–water partition coefficient (Wildman–Crippen LogP) is 1.93. The van der Waals surface area contributed by atoms with E-state index in [1.807, 2.05) is 0 Å². The smallest absolute Gasteiger partial charge is 0.243 e. The summed E-state index contributed by atoms with van der Waals surface area (Å²) in [5.74, 6) is -0.588. The molecule has 1 fully saturated rings. The van der Waals surface area contributed by atoms with Crippen molar-refractivity contribution in [2.75, 3.05) is 6.54 Å². The van der Waals surface area contributed by atoms with Crippen LogP contribution in [0.25, 0.3) is 0 Å². The van der Waals surface area contributed by atoms with Crippen LogP contribution in [0.4, 0.5) is 4.39 Å². The number of aryl methyl sites for hydroxylation is 1. The van der Waals surface area contributed by atoms with Crippen LogP contribution in [0.15, 0.2) is 23.1 Å². The Morgan fingerprint density at radius 1 is 1.35 bits per heavy atom. The first-order valence-corrected chi connectivity index (χ1v) is 8.41. The van der Waals surface area contributed by atoms with Gasteiger partial charge in [-0.1, -0.05) is 18.9 Å². The highest BCUT2D eigenvalue weighted by Gasteiger charge is 2.29. The van der Waals surface area contributed by atoms with E-state index in [1.165, 1.54) is 12.1 Å². The second-order valence-electron chi connectivity index (χ2n) is 5.44. The molecule has 1 aromatic rings. The number of nitrogens with one attached hydrogen (secondary N) is 1. The van der Waals surface area contributed by atoms with Crippen molar-refractivity contribution >= 4 is 10.0 Å². The van der Waals surface area contributed by atoms with Crippen LogP contribution in [0.5, 0.6) is 0 Å². The molecule has 1 aliphatic carbocycles. The Kier molecular flexibility index (Phi) is 4.78. The van der Waals surface area contributed by atoms with E-state index in [1.54, 1.807) is 13.0 Å². The maximum atomic E-state index is 13.8. The second-order valence-corrected chi connectivity index (χ2v) is 7.12. The zero-order valence-electron chi connectivity index (χ0n) is 11.6. The molecule has 20 heavy (non-hydrogen) atoms. The number of nitrogens with two attached hydrogens (primary N) is 1. The molecule has 0 bridgehead atoms. The third-order valence-electron chi connectivity index (χ3n) is 3.89. The number of sulfonamides is 1. The van der Waals surface area contributed by atoms with Crippen LogP contribution in [-0.2, 0) is 10.0 Å². The fraction of sp³-hybridized carbons (Fsp3) is 0.571. The van der Waals surface area contributed by atoms with Crippen molar-refractivity contribution < 1.29 is 12.8 Å². The molecule has 0 amide bonds. The highest BCUT2D eigenvalue weighted by Crippen LogP contribution is 2.26. The van der Waals surface area contributed by atoms with Gasteiger partial charge in [-0.25, -0.2) is 17.5 Å². The molecule has 4 nitrogen and oxygen atoms in total. The van der Waals surface area contributed by atoms with Gasteiger partial charge >= 0.3 is 0 Å². The Bertz CT molecular complexity index is 575. The van der Waals surface area contributed by atoms with Gasteiger partial charge in [0.25, 0.3) is 0 Å². The lowest BCUT2D eigenvalue weighted by Gasteiger charge is -2.31. The highest BCUT2D eigenvalue weighted by molar-refractivity contribution is 7.89. The van der Waals surface area contributed by atoms with Crippen molar-refractivity contribution in [1.29, 1.82) is 0 Å². The van der Waals surface area contributed by atoms with Gasteiger partial charge in [0, 0.05) is 6.04 Å². The lowest BCUT2D eigenvalue weighted by atomic mass is 9.85. The third-order valence-corrected chi connectivity index (χ3v) is 5.40. The third kappa shape index (κ3) is 3.37. The zero-order valence-corrected chi connectivity index (χ0v) is 12.4. The summed E-state index contributed by atoms with van der Waals surface area (Å²) in [6, 6.07) is 3.90. The summed E-state index contributed by atoms with van der Waals surface area (Å²) in [6.07, 6.45) is 3.72. The molecule has 0 aromatic heterocycles. The molecule has 2 rings (SSSR count). The summed E-state index contributed by atoms with van der Waals surface area (Å²) in [6.45, 7) is 2.19. The van der Waals surface area contributed by atoms with Gasteiger partial charge in [-0.15, -0.1) is 0 Å². The number of halogens is 1. The topological polar surface area (TPSA) is 72.2 Å². The van der Waals surface area contributed by atoms with Crippen LogP contribution in [0.3, 0.4) is 0 Å². The van der Waals surface area contributed by atoms with Crippen molar-refractivity contribution in [3.8, 4) is 0 Å². The van der Waals surface area contributed by atoms with Crippen LogP contribution in [0.1, 0.15) is 31.2 Å². The molecular formula is C14H21FN2O2S. The van der Waals surface area contributed by atoms with Gasteiger partial charge in [-0.2, -0.15) is 0 Å². The van der Waals surface area contributed by atoms with Gasteiger partial charge < -0.3 is 5.73 Å². The highest BCUT2D eigenvalue weighted by atomic mass is 32.2. The van der Waals surface area contributed by atoms with Crippen molar-refractivity contribution in [1.82, 2.24) is 4.72 Å². The van der Waals surface area contributed by atoms with Gasteiger partial charge in [0.15, 0.2) is 0 Å². The van der Waals surface area contributed by atoms with Gasteiger partial charge in [-0.05, 0) is 49.9 Å². The molecule has 3 N–H and O–H groups in total. The normalized spacial score (nSPS) is 23.8. The van der Waals surface area contributed by atoms with E-state index in [9.17, 15) is 12.8 Å². The zero-order chi connectivity index (χ0) is 14.8. The van der Waals surface area contributed by atoms with E-state index >= 15 is 0 Å². The summed E-state index contributed by atoms with van der Waals surface area (Å²) >= 11 is 0. The lowest BCUT2D eigenvalue weighted by Crippen LogP contribution is -2.44. The first-order valence-electron chi connectivity index (χ1n) is 6.92. The average molecular weight is 300 g/mol. The van der Waals surface area contributed by atoms with Crippen LogP contribution in [-0.4, -0.2) is 21.0 Å². The van der Waals surface area contributed by atoms with E-state index in [4.69, 9.17) is 5.73 Å². The number of hydrogen-bond donors (Lipinski definition) is 2. The van der Waals surface area contributed by atoms with Gasteiger partial charge in [-0.3, -0.25) is 0 Å². The molecule has 1 aliphatic rings. The average Bonchev–Trinajstić information content (AvgIpc) is 2.41. The minimum Gasteiger partial charge on any atom is -0.330 e. The molecule has 6 heteroatoms. The SMILES string of the molecule is Cc1ccc(F)c(S(=O)(=O)NC2CCCCC2CN)c1. The van der Waals surface area contributed by atoms with E-state index in [2.05, 4.69) is 4.72 Å². The first kappa shape index (κ1) is 15.4. The molecule has 0 heterocycles. The molecule has 0 radical (unpaired) electrons. The van der Waals surface area contributed by atoms with E-state index in [0.29, 0.717) is 12.1 Å². The Labute approximate surface area is 119 Å². The molecule has 2 atom stereocenters. The van der Waals surface area contributed by atoms with Crippen molar-refractivity contribution in [3.05, 3.63) is 29.6 Å². The van der Waals surface area contributed by atoms with E-state index in [-0.39, 0.29) is 16.9 Å². The molecule has 1 aromatic carbocycles. The predicted molar refractivity (Wildman–Crippen MR) is 76.3 cm³/mol. The minimum atomic E-state index is -3.84. The first-order chi connectivity index (χ1) is 9.44. The molecule has 2 unspecified atom stereocenters. The molecule has 0 aliphatic heterocycles. The Morgan fingerprint density at radius 3 is 2.75 bits per heavy atom. The molecular weight excluding hydrogens is 279 g/mol. The van der Waals surface area contributed by atoms with Crippen LogP contribution >= 0.6 is 0 Å². The van der Waals surface area contributed by atoms with Crippen LogP contribution < -0.4 is 10.5 Å². The second kappa shape index (κ2) is 6.20. The van der Waals surface area contributed by atoms with Crippen LogP contribution in [0, 0.1) is 18.7 Å². The Morgan fingerprint density at radius 2 is 2.05 bits per heavy atom. The largest absolute Gasteiger partial charge is 0.330 e. The quantitative estimate of drug-likeness (QED) is 0.892. The van der Waals surface area contributed by atoms with E-state index < -0.39 is 15.8 Å². The van der Waals surface area contributed by atoms with E-state index in [0.717, 1.165) is 25.7 Å². The van der Waals surface area contributed by atoms with Gasteiger partial charge in [0.2, 0.25) is 10.0 Å². The maximum absolute atomic E-state index is 13.8. The fourth-order valence-electron chi connectivity index (χ4n) is 2.72. The summed E-state index contributed by atoms with van der Waals surface area (Å²) in [5, 5.41) is 0. The van der Waals surface area contributed by atoms with Gasteiger partial charge in [0.05, 0.1) is 0 Å². The Balaban J connectivity index is 2.24. The monoisotopic (exact) mass is 300 g/mol. The molecule has 112 valence electrons. The summed E-state index contributed by atoms with van der Waals surface area (Å²) in [7, 11) is -3.84. The number of hydrogen-bond acceptors (Lipinski definition) is 3. The minimum absolute atomic E-state index is 0.131. The van der Waals surface area contributed by atoms with Crippen molar-refractivity contribution in [3.63, 3.8) is 0 Å². The molecule has 0 saturated heterocycles. The Hall–Kier alpha value is -0.980. The number of benzene rings is 1. The lowest BCUT2D eigenvalue weighted by molar-refractivity contribution is 0.296.